The number of benzene rings is 1. The number of hydrogen-bond donors (Lipinski definition) is 1. The summed E-state index contributed by atoms with van der Waals surface area (Å²) in [7, 11) is 1.62. The second-order valence-corrected chi connectivity index (χ2v) is 4.14. The van der Waals surface area contributed by atoms with Crippen LogP contribution in [0.1, 0.15) is 10.5 Å². The van der Waals surface area contributed by atoms with E-state index in [9.17, 15) is 9.18 Å². The van der Waals surface area contributed by atoms with Crippen LogP contribution in [0, 0.1) is 5.82 Å². The van der Waals surface area contributed by atoms with Gasteiger partial charge >= 0.3 is 5.97 Å². The van der Waals surface area contributed by atoms with Crippen LogP contribution >= 0.6 is 0 Å². The number of fused-ring (bicyclic) bond motifs is 1. The second kappa shape index (κ2) is 3.94. The molecular formula is C13H9FN2O3. The van der Waals surface area contributed by atoms with E-state index < -0.39 is 5.97 Å². The maximum Gasteiger partial charge on any atom is 0.356 e. The van der Waals surface area contributed by atoms with Gasteiger partial charge in [-0.1, -0.05) is 0 Å². The molecule has 1 aromatic carbocycles. The molecular weight excluding hydrogens is 251 g/mol. The Morgan fingerprint density at radius 2 is 2.16 bits per heavy atom. The molecule has 1 N–H and O–H groups in total. The number of halogens is 1. The minimum absolute atomic E-state index is 0.0656. The largest absolute Gasteiger partial charge is 0.476 e. The van der Waals surface area contributed by atoms with Gasteiger partial charge in [-0.2, -0.15) is 5.10 Å². The van der Waals surface area contributed by atoms with Crippen LogP contribution in [0.15, 0.2) is 34.7 Å². The Hall–Kier alpha value is -2.63. The summed E-state index contributed by atoms with van der Waals surface area (Å²) < 4.78 is 20.1. The van der Waals surface area contributed by atoms with Crippen molar-refractivity contribution in [1.29, 1.82) is 0 Å². The molecule has 3 rings (SSSR count). The molecule has 96 valence electrons. The summed E-state index contributed by atoms with van der Waals surface area (Å²) in [5.74, 6) is -1.01. The van der Waals surface area contributed by atoms with E-state index in [-0.39, 0.29) is 11.5 Å². The molecule has 0 amide bonds. The van der Waals surface area contributed by atoms with E-state index in [1.165, 1.54) is 28.9 Å². The highest BCUT2D eigenvalue weighted by atomic mass is 19.1. The number of nitrogens with zero attached hydrogens (tertiary/aromatic N) is 2. The third-order valence-electron chi connectivity index (χ3n) is 2.83. The van der Waals surface area contributed by atoms with E-state index in [1.807, 2.05) is 0 Å². The fourth-order valence-electron chi connectivity index (χ4n) is 1.94. The molecule has 0 aliphatic heterocycles. The molecule has 5 nitrogen and oxygen atoms in total. The fraction of sp³-hybridized carbons (Fsp3) is 0.0769. The van der Waals surface area contributed by atoms with Crippen molar-refractivity contribution >= 4 is 16.9 Å². The summed E-state index contributed by atoms with van der Waals surface area (Å²) in [6.07, 6.45) is 0. The van der Waals surface area contributed by atoms with Crippen LogP contribution in [0.2, 0.25) is 0 Å². The molecule has 0 aliphatic carbocycles. The molecule has 2 aromatic heterocycles. The summed E-state index contributed by atoms with van der Waals surface area (Å²) in [5, 5.41) is 13.4. The van der Waals surface area contributed by atoms with Crippen molar-refractivity contribution in [2.45, 2.75) is 0 Å². The fourth-order valence-corrected chi connectivity index (χ4v) is 1.94. The molecule has 0 bridgehead atoms. The standard InChI is InChI=1S/C13H9FN2O3/c1-16-10(6-9(15-16)13(17)18)12-5-7-4-8(14)2-3-11(7)19-12/h2-6H,1H3,(H,17,18). The van der Waals surface area contributed by atoms with E-state index in [4.69, 9.17) is 9.52 Å². The summed E-state index contributed by atoms with van der Waals surface area (Å²) in [4.78, 5) is 10.9. The van der Waals surface area contributed by atoms with Crippen LogP contribution in [-0.2, 0) is 7.05 Å². The Bertz CT molecular complexity index is 788. The zero-order valence-corrected chi connectivity index (χ0v) is 9.92. The lowest BCUT2D eigenvalue weighted by atomic mass is 10.2. The van der Waals surface area contributed by atoms with Gasteiger partial charge in [0.15, 0.2) is 11.5 Å². The lowest BCUT2D eigenvalue weighted by Crippen LogP contribution is -1.99. The van der Waals surface area contributed by atoms with E-state index in [1.54, 1.807) is 13.1 Å². The monoisotopic (exact) mass is 260 g/mol. The Morgan fingerprint density at radius 3 is 2.84 bits per heavy atom. The molecule has 2 heterocycles. The average Bonchev–Trinajstić information content (AvgIpc) is 2.91. The molecule has 3 aromatic rings. The SMILES string of the molecule is Cn1nc(C(=O)O)cc1-c1cc2cc(F)ccc2o1. The number of carbonyl (C=O) groups is 1. The van der Waals surface area contributed by atoms with Crippen LogP contribution in [0.4, 0.5) is 4.39 Å². The maximum atomic E-state index is 13.1. The third-order valence-corrected chi connectivity index (χ3v) is 2.83. The molecule has 0 unspecified atom stereocenters. The molecule has 0 saturated heterocycles. The molecule has 0 saturated carbocycles. The average molecular weight is 260 g/mol. The molecule has 0 atom stereocenters. The van der Waals surface area contributed by atoms with Gasteiger partial charge in [-0.05, 0) is 24.3 Å². The first kappa shape index (κ1) is 11.5. The van der Waals surface area contributed by atoms with Gasteiger partial charge in [0.25, 0.3) is 0 Å². The van der Waals surface area contributed by atoms with Crippen molar-refractivity contribution in [3.05, 3.63) is 41.8 Å². The number of aryl methyl sites for hydroxylation is 1. The Kier molecular flexibility index (Phi) is 2.38. The van der Waals surface area contributed by atoms with Crippen molar-refractivity contribution in [3.63, 3.8) is 0 Å². The van der Waals surface area contributed by atoms with Crippen molar-refractivity contribution in [1.82, 2.24) is 9.78 Å². The first-order valence-corrected chi connectivity index (χ1v) is 5.51. The number of aromatic nitrogens is 2. The lowest BCUT2D eigenvalue weighted by Gasteiger charge is -1.95. The van der Waals surface area contributed by atoms with Gasteiger partial charge in [-0.3, -0.25) is 4.68 Å². The number of carboxylic acids is 1. The van der Waals surface area contributed by atoms with Gasteiger partial charge in [0.1, 0.15) is 17.1 Å². The molecule has 0 fully saturated rings. The van der Waals surface area contributed by atoms with Gasteiger partial charge in [-0.25, -0.2) is 9.18 Å². The van der Waals surface area contributed by atoms with Gasteiger partial charge in [0.05, 0.1) is 0 Å². The highest BCUT2D eigenvalue weighted by Gasteiger charge is 2.15. The zero-order valence-electron chi connectivity index (χ0n) is 9.92. The molecule has 0 radical (unpaired) electrons. The first-order valence-electron chi connectivity index (χ1n) is 5.51. The molecule has 19 heavy (non-hydrogen) atoms. The van der Waals surface area contributed by atoms with Gasteiger partial charge < -0.3 is 9.52 Å². The van der Waals surface area contributed by atoms with Gasteiger partial charge in [0.2, 0.25) is 0 Å². The minimum atomic E-state index is -1.11. The summed E-state index contributed by atoms with van der Waals surface area (Å²) in [6, 6.07) is 7.26. The van der Waals surface area contributed by atoms with Crippen LogP contribution < -0.4 is 0 Å². The predicted octanol–water partition coefficient (Wildman–Crippen LogP) is 2.67. The zero-order chi connectivity index (χ0) is 13.6. The minimum Gasteiger partial charge on any atom is -0.476 e. The quantitative estimate of drug-likeness (QED) is 0.769. The molecule has 6 heteroatoms. The number of aromatic carboxylic acids is 1. The molecule has 0 spiro atoms. The predicted molar refractivity (Wildman–Crippen MR) is 65.3 cm³/mol. The van der Waals surface area contributed by atoms with E-state index >= 15 is 0 Å². The van der Waals surface area contributed by atoms with E-state index in [0.717, 1.165) is 0 Å². The maximum absolute atomic E-state index is 13.1. The highest BCUT2D eigenvalue weighted by Crippen LogP contribution is 2.28. The van der Waals surface area contributed by atoms with Gasteiger partial charge in [0, 0.05) is 18.5 Å². The van der Waals surface area contributed by atoms with Crippen molar-refractivity contribution in [2.75, 3.05) is 0 Å². The van der Waals surface area contributed by atoms with Crippen LogP contribution in [0.5, 0.6) is 0 Å². The van der Waals surface area contributed by atoms with Gasteiger partial charge in [-0.15, -0.1) is 0 Å². The highest BCUT2D eigenvalue weighted by molar-refractivity contribution is 5.88. The van der Waals surface area contributed by atoms with Crippen LogP contribution in [-0.4, -0.2) is 20.9 Å². The summed E-state index contributed by atoms with van der Waals surface area (Å²) >= 11 is 0. The Labute approximate surface area is 106 Å². The number of furan rings is 1. The van der Waals surface area contributed by atoms with Crippen molar-refractivity contribution in [3.8, 4) is 11.5 Å². The Morgan fingerprint density at radius 1 is 1.37 bits per heavy atom. The molecule has 0 aliphatic rings. The number of rotatable bonds is 2. The Balaban J connectivity index is 2.16. The normalized spacial score (nSPS) is 11.1. The number of carboxylic acid groups (broad SMARTS) is 1. The summed E-state index contributed by atoms with van der Waals surface area (Å²) in [6.45, 7) is 0. The smallest absolute Gasteiger partial charge is 0.356 e. The number of hydrogen-bond acceptors (Lipinski definition) is 3. The van der Waals surface area contributed by atoms with Crippen LogP contribution in [0.25, 0.3) is 22.4 Å². The topological polar surface area (TPSA) is 68.3 Å². The summed E-state index contributed by atoms with van der Waals surface area (Å²) in [5.41, 5.74) is 0.993. The van der Waals surface area contributed by atoms with Crippen LogP contribution in [0.3, 0.4) is 0 Å². The second-order valence-electron chi connectivity index (χ2n) is 4.14. The van der Waals surface area contributed by atoms with Crippen molar-refractivity contribution < 1.29 is 18.7 Å². The third kappa shape index (κ3) is 1.87. The van der Waals surface area contributed by atoms with E-state index in [2.05, 4.69) is 5.10 Å². The first-order chi connectivity index (χ1) is 9.04. The lowest BCUT2D eigenvalue weighted by molar-refractivity contribution is 0.0689. The van der Waals surface area contributed by atoms with E-state index in [0.29, 0.717) is 22.4 Å². The van der Waals surface area contributed by atoms with Crippen molar-refractivity contribution in [2.24, 2.45) is 7.05 Å².